The zero-order valence-electron chi connectivity index (χ0n) is 17.2. The van der Waals surface area contributed by atoms with E-state index >= 15 is 0 Å². The third-order valence-corrected chi connectivity index (χ3v) is 3.90. The number of nitrogens with one attached hydrogen (secondary N) is 2. The molecule has 2 N–H and O–H groups in total. The molecule has 0 saturated carbocycles. The van der Waals surface area contributed by atoms with E-state index in [1.54, 1.807) is 49.6 Å². The van der Waals surface area contributed by atoms with Crippen LogP contribution in [0.15, 0.2) is 48.5 Å². The van der Waals surface area contributed by atoms with Crippen molar-refractivity contribution in [3.63, 3.8) is 0 Å². The highest BCUT2D eigenvalue weighted by molar-refractivity contribution is 6.08. The summed E-state index contributed by atoms with van der Waals surface area (Å²) in [6.07, 6.45) is -0.980. The van der Waals surface area contributed by atoms with Crippen LogP contribution in [0.5, 0.6) is 5.75 Å². The number of para-hydroxylation sites is 1. The SMILES string of the molecule is COc1ccc(C(=O)Nc2ccccc2C(=O)O[C@H](C)C(=O)NC(C)(C)C)cc1. The number of rotatable bonds is 6. The van der Waals surface area contributed by atoms with Crippen molar-refractivity contribution < 1.29 is 23.9 Å². The molecule has 0 aliphatic heterocycles. The first kappa shape index (κ1) is 21.9. The van der Waals surface area contributed by atoms with Crippen molar-refractivity contribution in [1.82, 2.24) is 5.32 Å². The van der Waals surface area contributed by atoms with E-state index in [4.69, 9.17) is 9.47 Å². The van der Waals surface area contributed by atoms with Gasteiger partial charge in [-0.25, -0.2) is 4.79 Å². The number of methoxy groups -OCH3 is 1. The summed E-state index contributed by atoms with van der Waals surface area (Å²) in [6.45, 7) is 7.01. The number of carbonyl (C=O) groups excluding carboxylic acids is 3. The van der Waals surface area contributed by atoms with Crippen molar-refractivity contribution in [1.29, 1.82) is 0 Å². The zero-order valence-corrected chi connectivity index (χ0v) is 17.2. The summed E-state index contributed by atoms with van der Waals surface area (Å²) < 4.78 is 10.4. The lowest BCUT2D eigenvalue weighted by Crippen LogP contribution is -2.46. The van der Waals surface area contributed by atoms with E-state index in [0.29, 0.717) is 17.0 Å². The van der Waals surface area contributed by atoms with E-state index in [0.717, 1.165) is 0 Å². The summed E-state index contributed by atoms with van der Waals surface area (Å²) in [5, 5.41) is 5.46. The van der Waals surface area contributed by atoms with Gasteiger partial charge in [0, 0.05) is 11.1 Å². The number of amides is 2. The molecule has 0 unspecified atom stereocenters. The third kappa shape index (κ3) is 6.34. The number of hydrogen-bond donors (Lipinski definition) is 2. The van der Waals surface area contributed by atoms with Gasteiger partial charge in [-0.3, -0.25) is 9.59 Å². The molecule has 1 atom stereocenters. The Morgan fingerprint density at radius 1 is 0.966 bits per heavy atom. The maximum atomic E-state index is 12.6. The molecule has 0 saturated heterocycles. The summed E-state index contributed by atoms with van der Waals surface area (Å²) in [7, 11) is 1.54. The molecule has 0 spiro atoms. The standard InChI is InChI=1S/C22H26N2O5/c1-14(19(25)24-22(2,3)4)29-21(27)17-8-6-7-9-18(17)23-20(26)15-10-12-16(28-5)13-11-15/h6-14H,1-5H3,(H,23,26)(H,24,25)/t14-/m1/s1. The van der Waals surface area contributed by atoms with Gasteiger partial charge in [0.05, 0.1) is 18.4 Å². The van der Waals surface area contributed by atoms with Crippen LogP contribution in [0.3, 0.4) is 0 Å². The van der Waals surface area contributed by atoms with Crippen LogP contribution in [0.1, 0.15) is 48.4 Å². The molecule has 2 rings (SSSR count). The molecule has 154 valence electrons. The number of anilines is 1. The molecule has 29 heavy (non-hydrogen) atoms. The average Bonchev–Trinajstić information content (AvgIpc) is 2.67. The normalized spacial score (nSPS) is 11.9. The minimum atomic E-state index is -0.980. The monoisotopic (exact) mass is 398 g/mol. The highest BCUT2D eigenvalue weighted by Crippen LogP contribution is 2.19. The van der Waals surface area contributed by atoms with E-state index in [1.807, 2.05) is 20.8 Å². The fourth-order valence-corrected chi connectivity index (χ4v) is 2.46. The Morgan fingerprint density at radius 2 is 1.59 bits per heavy atom. The van der Waals surface area contributed by atoms with Gasteiger partial charge in [0.2, 0.25) is 0 Å². The molecule has 0 bridgehead atoms. The zero-order chi connectivity index (χ0) is 21.6. The van der Waals surface area contributed by atoms with Crippen molar-refractivity contribution >= 4 is 23.5 Å². The summed E-state index contributed by atoms with van der Waals surface area (Å²) in [5.74, 6) is -0.850. The fraction of sp³-hybridized carbons (Fsp3) is 0.318. The molecule has 2 aromatic carbocycles. The van der Waals surface area contributed by atoms with E-state index in [2.05, 4.69) is 10.6 Å². The maximum absolute atomic E-state index is 12.6. The second-order valence-electron chi connectivity index (χ2n) is 7.51. The topological polar surface area (TPSA) is 93.7 Å². The highest BCUT2D eigenvalue weighted by atomic mass is 16.5. The Kier molecular flexibility index (Phi) is 6.98. The van der Waals surface area contributed by atoms with Crippen LogP contribution in [0.2, 0.25) is 0 Å². The quantitative estimate of drug-likeness (QED) is 0.728. The molecule has 0 fully saturated rings. The average molecular weight is 398 g/mol. The van der Waals surface area contributed by atoms with Crippen LogP contribution in [-0.2, 0) is 9.53 Å². The van der Waals surface area contributed by atoms with Crippen molar-refractivity contribution in [3.05, 3.63) is 59.7 Å². The summed E-state index contributed by atoms with van der Waals surface area (Å²) in [5.41, 5.74) is 0.417. The molecule has 2 aromatic rings. The molecule has 0 radical (unpaired) electrons. The van der Waals surface area contributed by atoms with Crippen LogP contribution in [0.25, 0.3) is 0 Å². The van der Waals surface area contributed by atoms with Gasteiger partial charge >= 0.3 is 5.97 Å². The van der Waals surface area contributed by atoms with E-state index in [1.165, 1.54) is 13.0 Å². The molecular formula is C22H26N2O5. The molecule has 2 amide bonds. The maximum Gasteiger partial charge on any atom is 0.341 e. The predicted molar refractivity (Wildman–Crippen MR) is 110 cm³/mol. The highest BCUT2D eigenvalue weighted by Gasteiger charge is 2.24. The minimum Gasteiger partial charge on any atom is -0.497 e. The number of esters is 1. The third-order valence-electron chi connectivity index (χ3n) is 3.90. The molecule has 0 heterocycles. The van der Waals surface area contributed by atoms with Gasteiger partial charge in [-0.15, -0.1) is 0 Å². The Bertz CT molecular complexity index is 885. The van der Waals surface area contributed by atoms with E-state index in [9.17, 15) is 14.4 Å². The first-order valence-corrected chi connectivity index (χ1v) is 9.18. The van der Waals surface area contributed by atoms with Gasteiger partial charge in [0.1, 0.15) is 5.75 Å². The van der Waals surface area contributed by atoms with Crippen LogP contribution in [-0.4, -0.2) is 36.5 Å². The summed E-state index contributed by atoms with van der Waals surface area (Å²) in [6, 6.07) is 13.0. The predicted octanol–water partition coefficient (Wildman–Crippen LogP) is 3.41. The summed E-state index contributed by atoms with van der Waals surface area (Å²) >= 11 is 0. The van der Waals surface area contributed by atoms with Crippen LogP contribution < -0.4 is 15.4 Å². The van der Waals surface area contributed by atoms with Gasteiger partial charge in [0.15, 0.2) is 6.10 Å². The van der Waals surface area contributed by atoms with Gasteiger partial charge in [-0.05, 0) is 64.1 Å². The van der Waals surface area contributed by atoms with Gasteiger partial charge < -0.3 is 20.1 Å². The lowest BCUT2D eigenvalue weighted by atomic mass is 10.1. The van der Waals surface area contributed by atoms with Crippen LogP contribution >= 0.6 is 0 Å². The van der Waals surface area contributed by atoms with Gasteiger partial charge in [-0.2, -0.15) is 0 Å². The van der Waals surface area contributed by atoms with Crippen molar-refractivity contribution in [2.24, 2.45) is 0 Å². The van der Waals surface area contributed by atoms with Crippen molar-refractivity contribution in [2.45, 2.75) is 39.3 Å². The molecule has 7 nitrogen and oxygen atoms in total. The summed E-state index contributed by atoms with van der Waals surface area (Å²) in [4.78, 5) is 37.2. The Labute approximate surface area is 170 Å². The van der Waals surface area contributed by atoms with Crippen LogP contribution in [0, 0.1) is 0 Å². The van der Waals surface area contributed by atoms with E-state index in [-0.39, 0.29) is 11.5 Å². The molecule has 7 heteroatoms. The van der Waals surface area contributed by atoms with Crippen molar-refractivity contribution in [2.75, 3.05) is 12.4 Å². The molecule has 0 aliphatic carbocycles. The van der Waals surface area contributed by atoms with Crippen LogP contribution in [0.4, 0.5) is 5.69 Å². The first-order chi connectivity index (χ1) is 13.6. The molecule has 0 aliphatic rings. The lowest BCUT2D eigenvalue weighted by Gasteiger charge is -2.23. The second-order valence-corrected chi connectivity index (χ2v) is 7.51. The largest absolute Gasteiger partial charge is 0.497 e. The van der Waals surface area contributed by atoms with Gasteiger partial charge in [0.25, 0.3) is 11.8 Å². The molecular weight excluding hydrogens is 372 g/mol. The van der Waals surface area contributed by atoms with Crippen molar-refractivity contribution in [3.8, 4) is 5.75 Å². The minimum absolute atomic E-state index is 0.157. The van der Waals surface area contributed by atoms with E-state index < -0.39 is 23.5 Å². The first-order valence-electron chi connectivity index (χ1n) is 9.18. The molecule has 0 aromatic heterocycles. The lowest BCUT2D eigenvalue weighted by molar-refractivity contribution is -0.130. The smallest absolute Gasteiger partial charge is 0.341 e. The number of ether oxygens (including phenoxy) is 2. The number of hydrogen-bond acceptors (Lipinski definition) is 5. The number of benzene rings is 2. The Morgan fingerprint density at radius 3 is 2.17 bits per heavy atom. The fourth-order valence-electron chi connectivity index (χ4n) is 2.46. The Balaban J connectivity index is 2.11. The number of carbonyl (C=O) groups is 3. The second kappa shape index (κ2) is 9.23. The van der Waals surface area contributed by atoms with Gasteiger partial charge in [-0.1, -0.05) is 12.1 Å². The Hall–Kier alpha value is -3.35.